The zero-order valence-electron chi connectivity index (χ0n) is 10.4. The van der Waals surface area contributed by atoms with Crippen LogP contribution in [-0.2, 0) is 6.54 Å². The Morgan fingerprint density at radius 1 is 1.29 bits per heavy atom. The van der Waals surface area contributed by atoms with E-state index in [9.17, 15) is 0 Å². The maximum absolute atomic E-state index is 5.93. The second-order valence-electron chi connectivity index (χ2n) is 4.09. The average molecular weight is 233 g/mol. The second-order valence-corrected chi connectivity index (χ2v) is 4.09. The minimum Gasteiger partial charge on any atom is -0.491 e. The molecule has 0 amide bonds. The van der Waals surface area contributed by atoms with Gasteiger partial charge in [-0.15, -0.1) is 0 Å². The topological polar surface area (TPSA) is 53.1 Å². The number of nitrogens with two attached hydrogens (primary N) is 1. The van der Waals surface area contributed by atoms with E-state index in [0.717, 1.165) is 36.2 Å². The van der Waals surface area contributed by atoms with Crippen LogP contribution in [0.1, 0.15) is 26.7 Å². The molecule has 1 aromatic carbocycles. The summed E-state index contributed by atoms with van der Waals surface area (Å²) in [6, 6.07) is 5.97. The monoisotopic (exact) mass is 233 g/mol. The first-order valence-electron chi connectivity index (χ1n) is 6.15. The van der Waals surface area contributed by atoms with E-state index in [0.29, 0.717) is 12.6 Å². The Morgan fingerprint density at radius 2 is 2.12 bits per heavy atom. The van der Waals surface area contributed by atoms with Crippen molar-refractivity contribution in [3.05, 3.63) is 18.2 Å². The van der Waals surface area contributed by atoms with E-state index >= 15 is 0 Å². The molecule has 0 bridgehead atoms. The van der Waals surface area contributed by atoms with Crippen molar-refractivity contribution in [2.45, 2.75) is 33.2 Å². The molecule has 0 atom stereocenters. The Kier molecular flexibility index (Phi) is 3.52. The molecule has 17 heavy (non-hydrogen) atoms. The van der Waals surface area contributed by atoms with Gasteiger partial charge in [0.05, 0.1) is 12.1 Å². The van der Waals surface area contributed by atoms with Gasteiger partial charge in [0, 0.05) is 6.54 Å². The summed E-state index contributed by atoms with van der Waals surface area (Å²) in [4.78, 5) is 4.40. The van der Waals surface area contributed by atoms with Crippen LogP contribution in [0.4, 0.5) is 5.95 Å². The second kappa shape index (κ2) is 5.08. The molecular formula is C13H19N3O. The van der Waals surface area contributed by atoms with Crippen LogP contribution >= 0.6 is 0 Å². The molecule has 1 heterocycles. The quantitative estimate of drug-likeness (QED) is 0.864. The number of rotatable bonds is 5. The van der Waals surface area contributed by atoms with Crippen molar-refractivity contribution in [3.8, 4) is 5.75 Å². The summed E-state index contributed by atoms with van der Waals surface area (Å²) in [5.74, 6) is 1.39. The van der Waals surface area contributed by atoms with Gasteiger partial charge in [-0.1, -0.05) is 19.9 Å². The lowest BCUT2D eigenvalue weighted by Gasteiger charge is -2.06. The average Bonchev–Trinajstić information content (AvgIpc) is 2.65. The summed E-state index contributed by atoms with van der Waals surface area (Å²) in [6.45, 7) is 5.81. The number of para-hydroxylation sites is 1. The minimum absolute atomic E-state index is 0.564. The molecule has 0 radical (unpaired) electrons. The van der Waals surface area contributed by atoms with Crippen LogP contribution in [0.3, 0.4) is 0 Å². The largest absolute Gasteiger partial charge is 0.491 e. The predicted molar refractivity (Wildman–Crippen MR) is 70.2 cm³/mol. The van der Waals surface area contributed by atoms with Crippen LogP contribution in [0.15, 0.2) is 18.2 Å². The summed E-state index contributed by atoms with van der Waals surface area (Å²) >= 11 is 0. The third kappa shape index (κ3) is 2.20. The third-order valence-electron chi connectivity index (χ3n) is 2.68. The summed E-state index contributed by atoms with van der Waals surface area (Å²) in [7, 11) is 0. The number of nitrogens with zero attached hydrogens (tertiary/aromatic N) is 2. The van der Waals surface area contributed by atoms with Crippen LogP contribution in [0.5, 0.6) is 5.75 Å². The van der Waals surface area contributed by atoms with E-state index in [1.807, 2.05) is 22.8 Å². The number of aromatic nitrogens is 2. The van der Waals surface area contributed by atoms with Crippen molar-refractivity contribution in [1.29, 1.82) is 0 Å². The highest BCUT2D eigenvalue weighted by Gasteiger charge is 2.11. The van der Waals surface area contributed by atoms with Crippen molar-refractivity contribution < 1.29 is 4.74 Å². The van der Waals surface area contributed by atoms with Gasteiger partial charge in [0.2, 0.25) is 5.95 Å². The lowest BCUT2D eigenvalue weighted by Crippen LogP contribution is -2.02. The van der Waals surface area contributed by atoms with Crippen LogP contribution in [0.2, 0.25) is 0 Å². The van der Waals surface area contributed by atoms with E-state index in [-0.39, 0.29) is 0 Å². The van der Waals surface area contributed by atoms with Crippen molar-refractivity contribution >= 4 is 17.0 Å². The van der Waals surface area contributed by atoms with Gasteiger partial charge in [-0.3, -0.25) is 0 Å². The molecule has 2 aromatic rings. The van der Waals surface area contributed by atoms with Gasteiger partial charge in [-0.25, -0.2) is 4.98 Å². The summed E-state index contributed by atoms with van der Waals surface area (Å²) in [6.07, 6.45) is 2.03. The first-order chi connectivity index (χ1) is 8.27. The lowest BCUT2D eigenvalue weighted by molar-refractivity contribution is 0.320. The standard InChI is InChI=1S/C13H19N3O/c1-3-8-16-10-6-5-7-11(17-9-4-2)12(10)15-13(16)14/h5-7H,3-4,8-9H2,1-2H3,(H2,14,15). The minimum atomic E-state index is 0.564. The van der Waals surface area contributed by atoms with E-state index < -0.39 is 0 Å². The lowest BCUT2D eigenvalue weighted by atomic mass is 10.3. The molecule has 92 valence electrons. The highest BCUT2D eigenvalue weighted by molar-refractivity contribution is 5.84. The highest BCUT2D eigenvalue weighted by Crippen LogP contribution is 2.27. The summed E-state index contributed by atoms with van der Waals surface area (Å²) in [5, 5.41) is 0. The van der Waals surface area contributed by atoms with Gasteiger partial charge in [-0.2, -0.15) is 0 Å². The fourth-order valence-electron chi connectivity index (χ4n) is 1.93. The van der Waals surface area contributed by atoms with Crippen LogP contribution in [0, 0.1) is 0 Å². The fourth-order valence-corrected chi connectivity index (χ4v) is 1.93. The molecule has 2 N–H and O–H groups in total. The molecule has 0 saturated heterocycles. The SMILES string of the molecule is CCCOc1cccc2c1nc(N)n2CCC. The zero-order chi connectivity index (χ0) is 12.3. The van der Waals surface area contributed by atoms with Crippen LogP contribution < -0.4 is 10.5 Å². The Morgan fingerprint density at radius 3 is 2.82 bits per heavy atom. The third-order valence-corrected chi connectivity index (χ3v) is 2.68. The van der Waals surface area contributed by atoms with Gasteiger partial charge < -0.3 is 15.0 Å². The highest BCUT2D eigenvalue weighted by atomic mass is 16.5. The van der Waals surface area contributed by atoms with E-state index in [1.54, 1.807) is 0 Å². The molecule has 0 aliphatic rings. The molecule has 0 aliphatic carbocycles. The number of ether oxygens (including phenoxy) is 1. The number of anilines is 1. The van der Waals surface area contributed by atoms with Crippen molar-refractivity contribution in [3.63, 3.8) is 0 Å². The Balaban J connectivity index is 2.46. The van der Waals surface area contributed by atoms with Crippen molar-refractivity contribution in [2.24, 2.45) is 0 Å². The maximum Gasteiger partial charge on any atom is 0.201 e. The molecule has 2 rings (SSSR count). The van der Waals surface area contributed by atoms with Gasteiger partial charge in [0.15, 0.2) is 0 Å². The molecule has 0 aliphatic heterocycles. The molecule has 0 spiro atoms. The van der Waals surface area contributed by atoms with Crippen LogP contribution in [0.25, 0.3) is 11.0 Å². The maximum atomic E-state index is 5.93. The molecule has 0 unspecified atom stereocenters. The van der Waals surface area contributed by atoms with Gasteiger partial charge >= 0.3 is 0 Å². The van der Waals surface area contributed by atoms with E-state index in [1.165, 1.54) is 0 Å². The molecule has 0 saturated carbocycles. The molecule has 4 heteroatoms. The number of aryl methyl sites for hydroxylation is 1. The van der Waals surface area contributed by atoms with Gasteiger partial charge in [-0.05, 0) is 25.0 Å². The zero-order valence-corrected chi connectivity index (χ0v) is 10.4. The number of benzene rings is 1. The Hall–Kier alpha value is -1.71. The molecule has 1 aromatic heterocycles. The summed E-state index contributed by atoms with van der Waals surface area (Å²) in [5.41, 5.74) is 7.85. The molecule has 4 nitrogen and oxygen atoms in total. The summed E-state index contributed by atoms with van der Waals surface area (Å²) < 4.78 is 7.72. The van der Waals surface area contributed by atoms with Crippen molar-refractivity contribution in [1.82, 2.24) is 9.55 Å². The fraction of sp³-hybridized carbons (Fsp3) is 0.462. The number of hydrogen-bond acceptors (Lipinski definition) is 3. The van der Waals surface area contributed by atoms with Crippen molar-refractivity contribution in [2.75, 3.05) is 12.3 Å². The number of imidazole rings is 1. The van der Waals surface area contributed by atoms with Crippen LogP contribution in [-0.4, -0.2) is 16.2 Å². The number of fused-ring (bicyclic) bond motifs is 1. The van der Waals surface area contributed by atoms with E-state index in [4.69, 9.17) is 10.5 Å². The van der Waals surface area contributed by atoms with E-state index in [2.05, 4.69) is 18.8 Å². The first kappa shape index (κ1) is 11.8. The normalized spacial score (nSPS) is 10.9. The van der Waals surface area contributed by atoms with Gasteiger partial charge in [0.25, 0.3) is 0 Å². The number of nitrogen functional groups attached to an aromatic ring is 1. The molecular weight excluding hydrogens is 214 g/mol. The smallest absolute Gasteiger partial charge is 0.201 e. The Bertz CT molecular complexity index is 505. The van der Waals surface area contributed by atoms with Gasteiger partial charge in [0.1, 0.15) is 11.3 Å². The number of hydrogen-bond donors (Lipinski definition) is 1. The first-order valence-corrected chi connectivity index (χ1v) is 6.15. The Labute approximate surface area is 101 Å². The predicted octanol–water partition coefficient (Wildman–Crippen LogP) is 2.82. The molecule has 0 fully saturated rings.